The van der Waals surface area contributed by atoms with Crippen molar-refractivity contribution >= 4 is 60.9 Å². The van der Waals surface area contributed by atoms with Crippen LogP contribution < -0.4 is 10.1 Å². The Morgan fingerprint density at radius 1 is 1.17 bits per heavy atom. The number of pyridine rings is 2. The van der Waals surface area contributed by atoms with Crippen LogP contribution in [0, 0.1) is 5.92 Å². The highest BCUT2D eigenvalue weighted by molar-refractivity contribution is 9.10. The van der Waals surface area contributed by atoms with E-state index < -0.39 is 0 Å². The topological polar surface area (TPSA) is 62.6 Å². The smallest absolute Gasteiger partial charge is 0.197 e. The zero-order chi connectivity index (χ0) is 29.5. The van der Waals surface area contributed by atoms with Crippen molar-refractivity contribution in [2.75, 3.05) is 13.1 Å². The number of aliphatic imine (C=N–C) groups is 1. The first-order chi connectivity index (χ1) is 20.4. The highest BCUT2D eigenvalue weighted by atomic mass is 79.9. The van der Waals surface area contributed by atoms with E-state index in [0.717, 1.165) is 67.7 Å². The Kier molecular flexibility index (Phi) is 10.2. The van der Waals surface area contributed by atoms with E-state index in [1.807, 2.05) is 73.9 Å². The van der Waals surface area contributed by atoms with Gasteiger partial charge in [0.1, 0.15) is 11.6 Å². The number of allylic oxidation sites excluding steroid dienone is 4. The number of aromatic nitrogens is 2. The summed E-state index contributed by atoms with van der Waals surface area (Å²) in [5, 5.41) is 5.67. The first-order valence-electron chi connectivity index (χ1n) is 13.9. The number of thiophene rings is 1. The Balaban J connectivity index is 1.45. The lowest BCUT2D eigenvalue weighted by Crippen LogP contribution is -2.36. The molecule has 0 atom stereocenters. The van der Waals surface area contributed by atoms with Crippen LogP contribution in [0.1, 0.15) is 33.6 Å². The van der Waals surface area contributed by atoms with Gasteiger partial charge in [0.15, 0.2) is 11.6 Å². The van der Waals surface area contributed by atoms with Crippen molar-refractivity contribution in [1.29, 1.82) is 0 Å². The van der Waals surface area contributed by atoms with Gasteiger partial charge in [-0.05, 0) is 79.2 Å². The molecule has 1 N–H and O–H groups in total. The van der Waals surface area contributed by atoms with Gasteiger partial charge in [-0.2, -0.15) is 0 Å². The van der Waals surface area contributed by atoms with Crippen molar-refractivity contribution in [1.82, 2.24) is 20.2 Å². The van der Waals surface area contributed by atoms with E-state index in [1.54, 1.807) is 23.1 Å². The van der Waals surface area contributed by atoms with E-state index in [9.17, 15) is 0 Å². The number of piperidine rings is 1. The van der Waals surface area contributed by atoms with Crippen LogP contribution in [-0.4, -0.2) is 33.8 Å². The van der Waals surface area contributed by atoms with Gasteiger partial charge in [0.05, 0.1) is 14.7 Å². The number of rotatable bonds is 9. The van der Waals surface area contributed by atoms with E-state index >= 15 is 0 Å². The Hall–Kier alpha value is -3.40. The maximum atomic E-state index is 6.37. The Morgan fingerprint density at radius 2 is 1.95 bits per heavy atom. The van der Waals surface area contributed by atoms with Gasteiger partial charge >= 0.3 is 0 Å². The molecule has 1 saturated heterocycles. The van der Waals surface area contributed by atoms with Crippen LogP contribution in [0.3, 0.4) is 0 Å². The third-order valence-corrected chi connectivity index (χ3v) is 9.99. The lowest BCUT2D eigenvalue weighted by Gasteiger charge is -2.35. The van der Waals surface area contributed by atoms with Gasteiger partial charge in [-0.3, -0.25) is 4.98 Å². The molecule has 0 spiro atoms. The van der Waals surface area contributed by atoms with Gasteiger partial charge in [-0.1, -0.05) is 48.7 Å². The van der Waals surface area contributed by atoms with Crippen LogP contribution in [-0.2, 0) is 0 Å². The maximum absolute atomic E-state index is 6.37. The van der Waals surface area contributed by atoms with Crippen molar-refractivity contribution in [2.24, 2.45) is 10.9 Å². The number of hydrogen-bond donors (Lipinski definition) is 1. The molecule has 0 radical (unpaired) electrons. The van der Waals surface area contributed by atoms with E-state index in [1.165, 1.54) is 5.70 Å². The summed E-state index contributed by atoms with van der Waals surface area (Å²) in [4.78, 5) is 18.7. The zero-order valence-corrected chi connectivity index (χ0v) is 27.2. The third-order valence-electron chi connectivity index (χ3n) is 6.99. The Bertz CT molecular complexity index is 1640. The van der Waals surface area contributed by atoms with Crippen molar-refractivity contribution in [2.45, 2.75) is 43.4 Å². The predicted molar refractivity (Wildman–Crippen MR) is 180 cm³/mol. The SMILES string of the molecule is C=C(C)N1CCC(/C(=C/C)NC(/C=C/C)=N/c2ncc(Sc3c(Br)cnc4ccsc34)cc2Oc2ccccc2)CC1. The summed E-state index contributed by atoms with van der Waals surface area (Å²) >= 11 is 7.00. The minimum Gasteiger partial charge on any atom is -0.453 e. The highest BCUT2D eigenvalue weighted by Crippen LogP contribution is 2.42. The number of hydrogen-bond acceptors (Lipinski definition) is 7. The summed E-state index contributed by atoms with van der Waals surface area (Å²) in [7, 11) is 0. The fraction of sp³-hybridized carbons (Fsp3) is 0.242. The molecule has 4 heterocycles. The molecule has 0 amide bonds. The van der Waals surface area contributed by atoms with Crippen LogP contribution >= 0.6 is 39.0 Å². The van der Waals surface area contributed by atoms with Gasteiger partial charge < -0.3 is 15.0 Å². The summed E-state index contributed by atoms with van der Waals surface area (Å²) < 4.78 is 8.45. The van der Waals surface area contributed by atoms with Gasteiger partial charge in [0, 0.05) is 58.7 Å². The lowest BCUT2D eigenvalue weighted by molar-refractivity contribution is 0.244. The van der Waals surface area contributed by atoms with Crippen molar-refractivity contribution < 1.29 is 4.74 Å². The molecule has 0 unspecified atom stereocenters. The van der Waals surface area contributed by atoms with E-state index in [-0.39, 0.29) is 0 Å². The van der Waals surface area contributed by atoms with Crippen LogP contribution in [0.2, 0.25) is 0 Å². The number of benzene rings is 1. The van der Waals surface area contributed by atoms with Crippen LogP contribution in [0.5, 0.6) is 11.5 Å². The minimum atomic E-state index is 0.431. The largest absolute Gasteiger partial charge is 0.453 e. The van der Waals surface area contributed by atoms with Gasteiger partial charge in [-0.25, -0.2) is 9.98 Å². The molecule has 0 aliphatic carbocycles. The number of para-hydroxylation sites is 1. The summed E-state index contributed by atoms with van der Waals surface area (Å²) in [6.45, 7) is 12.3. The second-order valence-corrected chi connectivity index (χ2v) is 12.8. The fourth-order valence-corrected chi connectivity index (χ4v) is 7.43. The first kappa shape index (κ1) is 30.1. The molecule has 4 aromatic rings. The van der Waals surface area contributed by atoms with E-state index in [2.05, 4.69) is 63.0 Å². The molecule has 42 heavy (non-hydrogen) atoms. The van der Waals surface area contributed by atoms with Crippen LogP contribution in [0.25, 0.3) is 10.2 Å². The molecule has 1 aliphatic heterocycles. The number of nitrogens with zero attached hydrogens (tertiary/aromatic N) is 4. The van der Waals surface area contributed by atoms with Gasteiger partial charge in [0.25, 0.3) is 0 Å². The molecular formula is C33H34BrN5OS2. The summed E-state index contributed by atoms with van der Waals surface area (Å²) in [6, 6.07) is 13.8. The molecule has 1 aromatic carbocycles. The number of halogens is 1. The van der Waals surface area contributed by atoms with Crippen molar-refractivity contribution in [3.05, 3.63) is 101 Å². The molecular weight excluding hydrogens is 626 g/mol. The monoisotopic (exact) mass is 659 g/mol. The summed E-state index contributed by atoms with van der Waals surface area (Å²) in [5.74, 6) is 2.96. The number of fused-ring (bicyclic) bond motifs is 1. The lowest BCUT2D eigenvalue weighted by atomic mass is 9.92. The quantitative estimate of drug-likeness (QED) is 0.143. The van der Waals surface area contributed by atoms with E-state index in [0.29, 0.717) is 17.5 Å². The second kappa shape index (κ2) is 14.2. The van der Waals surface area contributed by atoms with Crippen LogP contribution in [0.15, 0.2) is 116 Å². The molecule has 0 saturated carbocycles. The van der Waals surface area contributed by atoms with Crippen molar-refractivity contribution in [3.63, 3.8) is 0 Å². The molecule has 6 nitrogen and oxygen atoms in total. The first-order valence-corrected chi connectivity index (χ1v) is 16.4. The molecule has 216 valence electrons. The molecule has 0 bridgehead atoms. The molecule has 1 aliphatic rings. The van der Waals surface area contributed by atoms with Crippen molar-refractivity contribution in [3.8, 4) is 11.5 Å². The fourth-order valence-electron chi connectivity index (χ4n) is 4.84. The number of likely N-dealkylation sites (tertiary alicyclic amines) is 1. The third kappa shape index (κ3) is 7.32. The molecule has 5 rings (SSSR count). The standard InChI is InChI=1S/C33H34BrN5OS2/c1-5-10-30(37-27(6-2)23-13-16-39(17-14-23)22(3)4)38-33-29(40-24-11-8-7-9-12-24)19-25(20-36-33)42-31-26(34)21-35-28-15-18-41-32(28)31/h5-12,15,18-21,23H,3,13-14,16-17H2,1-2,4H3,(H,36,37,38)/b10-5+,27-6-. The number of ether oxygens (including phenoxy) is 1. The predicted octanol–water partition coefficient (Wildman–Crippen LogP) is 9.74. The van der Waals surface area contributed by atoms with Gasteiger partial charge in [-0.15, -0.1) is 11.3 Å². The Morgan fingerprint density at radius 3 is 2.67 bits per heavy atom. The maximum Gasteiger partial charge on any atom is 0.197 e. The Labute approximate surface area is 264 Å². The highest BCUT2D eigenvalue weighted by Gasteiger charge is 2.22. The minimum absolute atomic E-state index is 0.431. The average molecular weight is 661 g/mol. The van der Waals surface area contributed by atoms with Gasteiger partial charge in [0.2, 0.25) is 0 Å². The zero-order valence-electron chi connectivity index (χ0n) is 24.0. The molecule has 1 fully saturated rings. The normalized spacial score (nSPS) is 15.0. The average Bonchev–Trinajstić information content (AvgIpc) is 3.48. The molecule has 9 heteroatoms. The summed E-state index contributed by atoms with van der Waals surface area (Å²) in [5.41, 5.74) is 3.29. The van der Waals surface area contributed by atoms with E-state index in [4.69, 9.17) is 14.7 Å². The number of amidine groups is 1. The second-order valence-electron chi connectivity index (χ2n) is 9.94. The summed E-state index contributed by atoms with van der Waals surface area (Å²) in [6.07, 6.45) is 12.0. The number of nitrogens with one attached hydrogen (secondary N) is 1. The van der Waals surface area contributed by atoms with Crippen LogP contribution in [0.4, 0.5) is 5.82 Å². The molecule has 3 aromatic heterocycles.